The standard InChI is InChI=1S/C20H24N4O2S/c1-27-20-22-18(17(14-21)19(25)23-20)15-7-5-8-16(13-15)26-12-6-11-24-9-3-2-4-10-24/h5,7-8,13H,2-4,6,9-12H2,1H3,(H,22,23,25). The monoisotopic (exact) mass is 384 g/mol. The maximum atomic E-state index is 12.1. The quantitative estimate of drug-likeness (QED) is 0.448. The van der Waals surface area contributed by atoms with Crippen LogP contribution in [-0.2, 0) is 0 Å². The highest BCUT2D eigenvalue weighted by Gasteiger charge is 2.14. The molecule has 142 valence electrons. The van der Waals surface area contributed by atoms with E-state index in [1.165, 1.54) is 44.1 Å². The molecule has 0 bridgehead atoms. The summed E-state index contributed by atoms with van der Waals surface area (Å²) in [6, 6.07) is 9.39. The van der Waals surface area contributed by atoms with Crippen molar-refractivity contribution in [3.05, 3.63) is 40.2 Å². The van der Waals surface area contributed by atoms with Crippen molar-refractivity contribution in [1.29, 1.82) is 5.26 Å². The summed E-state index contributed by atoms with van der Waals surface area (Å²) in [7, 11) is 0. The van der Waals surface area contributed by atoms with Gasteiger partial charge in [-0.3, -0.25) is 4.79 Å². The molecule has 1 aromatic heterocycles. The number of hydrogen-bond acceptors (Lipinski definition) is 6. The molecule has 1 aliphatic heterocycles. The van der Waals surface area contributed by atoms with Crippen molar-refractivity contribution in [3.8, 4) is 23.1 Å². The third-order valence-electron chi connectivity index (χ3n) is 4.65. The Labute approximate surface area is 163 Å². The molecule has 1 fully saturated rings. The lowest BCUT2D eigenvalue weighted by molar-refractivity contribution is 0.205. The predicted octanol–water partition coefficient (Wildman–Crippen LogP) is 3.29. The molecule has 0 spiro atoms. The molecule has 1 N–H and O–H groups in total. The molecule has 0 unspecified atom stereocenters. The Kier molecular flexibility index (Phi) is 6.91. The van der Waals surface area contributed by atoms with Crippen LogP contribution in [0.4, 0.5) is 0 Å². The van der Waals surface area contributed by atoms with Gasteiger partial charge in [0.25, 0.3) is 5.56 Å². The summed E-state index contributed by atoms with van der Waals surface area (Å²) >= 11 is 1.33. The van der Waals surface area contributed by atoms with Gasteiger partial charge in [-0.15, -0.1) is 0 Å². The summed E-state index contributed by atoms with van der Waals surface area (Å²) in [4.78, 5) is 21.6. The molecule has 6 nitrogen and oxygen atoms in total. The lowest BCUT2D eigenvalue weighted by Crippen LogP contribution is -2.31. The first kappa shape index (κ1) is 19.5. The lowest BCUT2D eigenvalue weighted by Gasteiger charge is -2.26. The van der Waals surface area contributed by atoms with Crippen molar-refractivity contribution < 1.29 is 4.74 Å². The molecule has 0 atom stereocenters. The first-order valence-corrected chi connectivity index (χ1v) is 10.5. The molecule has 0 aliphatic carbocycles. The Balaban J connectivity index is 1.68. The van der Waals surface area contributed by atoms with Crippen molar-refractivity contribution in [2.24, 2.45) is 0 Å². The summed E-state index contributed by atoms with van der Waals surface area (Å²) in [6.07, 6.45) is 6.75. The fraction of sp³-hybridized carbons (Fsp3) is 0.450. The zero-order valence-electron chi connectivity index (χ0n) is 15.5. The van der Waals surface area contributed by atoms with E-state index in [1.54, 1.807) is 0 Å². The summed E-state index contributed by atoms with van der Waals surface area (Å²) in [6.45, 7) is 4.09. The molecule has 2 aromatic rings. The van der Waals surface area contributed by atoms with Crippen LogP contribution >= 0.6 is 11.8 Å². The number of nitrogens with zero attached hydrogens (tertiary/aromatic N) is 3. The molecular weight excluding hydrogens is 360 g/mol. The van der Waals surface area contributed by atoms with Gasteiger partial charge in [0, 0.05) is 12.1 Å². The highest BCUT2D eigenvalue weighted by molar-refractivity contribution is 7.98. The van der Waals surface area contributed by atoms with E-state index in [0.717, 1.165) is 18.7 Å². The number of rotatable bonds is 7. The van der Waals surface area contributed by atoms with Gasteiger partial charge >= 0.3 is 0 Å². The minimum atomic E-state index is -0.417. The maximum Gasteiger partial charge on any atom is 0.270 e. The van der Waals surface area contributed by atoms with Crippen molar-refractivity contribution in [1.82, 2.24) is 14.9 Å². The fourth-order valence-electron chi connectivity index (χ4n) is 3.26. The lowest BCUT2D eigenvalue weighted by atomic mass is 10.1. The van der Waals surface area contributed by atoms with Gasteiger partial charge in [0.15, 0.2) is 5.16 Å². The Morgan fingerprint density at radius 1 is 1.33 bits per heavy atom. The molecule has 0 radical (unpaired) electrons. The molecular formula is C20H24N4O2S. The van der Waals surface area contributed by atoms with E-state index in [0.29, 0.717) is 23.0 Å². The Morgan fingerprint density at radius 2 is 2.15 bits per heavy atom. The number of hydrogen-bond donors (Lipinski definition) is 1. The number of likely N-dealkylation sites (tertiary alicyclic amines) is 1. The minimum absolute atomic E-state index is 0.0232. The summed E-state index contributed by atoms with van der Waals surface area (Å²) < 4.78 is 5.89. The van der Waals surface area contributed by atoms with Crippen molar-refractivity contribution in [2.75, 3.05) is 32.5 Å². The maximum absolute atomic E-state index is 12.1. The van der Waals surface area contributed by atoms with Crippen LogP contribution in [-0.4, -0.2) is 47.4 Å². The smallest absolute Gasteiger partial charge is 0.270 e. The van der Waals surface area contributed by atoms with Crippen LogP contribution in [0.15, 0.2) is 34.2 Å². The van der Waals surface area contributed by atoms with Crippen LogP contribution in [0, 0.1) is 11.3 Å². The first-order valence-electron chi connectivity index (χ1n) is 9.25. The molecule has 0 amide bonds. The number of H-pyrrole nitrogens is 1. The Hall–Kier alpha value is -2.30. The number of aromatic amines is 1. The average Bonchev–Trinajstić information content (AvgIpc) is 2.71. The molecule has 0 saturated carbocycles. The second-order valence-electron chi connectivity index (χ2n) is 6.54. The molecule has 1 aliphatic rings. The topological polar surface area (TPSA) is 82.0 Å². The molecule has 2 heterocycles. The van der Waals surface area contributed by atoms with E-state index < -0.39 is 5.56 Å². The van der Waals surface area contributed by atoms with E-state index in [9.17, 15) is 10.1 Å². The number of benzene rings is 1. The zero-order chi connectivity index (χ0) is 19.1. The molecule has 1 saturated heterocycles. The largest absolute Gasteiger partial charge is 0.494 e. The van der Waals surface area contributed by atoms with Crippen molar-refractivity contribution >= 4 is 11.8 Å². The van der Waals surface area contributed by atoms with Gasteiger partial charge in [-0.05, 0) is 50.7 Å². The van der Waals surface area contributed by atoms with Crippen LogP contribution in [0.25, 0.3) is 11.3 Å². The van der Waals surface area contributed by atoms with Gasteiger partial charge in [-0.25, -0.2) is 4.98 Å². The number of piperidine rings is 1. The van der Waals surface area contributed by atoms with Gasteiger partial charge < -0.3 is 14.6 Å². The Bertz CT molecular complexity index is 869. The normalized spacial score (nSPS) is 14.7. The van der Waals surface area contributed by atoms with Crippen molar-refractivity contribution in [3.63, 3.8) is 0 Å². The van der Waals surface area contributed by atoms with Crippen LogP contribution in [0.1, 0.15) is 31.2 Å². The molecule has 3 rings (SSSR count). The van der Waals surface area contributed by atoms with Crippen LogP contribution in [0.3, 0.4) is 0 Å². The molecule has 1 aromatic carbocycles. The van der Waals surface area contributed by atoms with Gasteiger partial charge in [-0.1, -0.05) is 30.3 Å². The minimum Gasteiger partial charge on any atom is -0.494 e. The first-order chi connectivity index (χ1) is 13.2. The van der Waals surface area contributed by atoms with Crippen LogP contribution in [0.2, 0.25) is 0 Å². The number of thioether (sulfide) groups is 1. The van der Waals surface area contributed by atoms with Crippen molar-refractivity contribution in [2.45, 2.75) is 30.8 Å². The zero-order valence-corrected chi connectivity index (χ0v) is 16.3. The second-order valence-corrected chi connectivity index (χ2v) is 7.34. The summed E-state index contributed by atoms with van der Waals surface area (Å²) in [5.74, 6) is 0.725. The SMILES string of the molecule is CSc1nc(-c2cccc(OCCCN3CCCCC3)c2)c(C#N)c(=O)[nH]1. The highest BCUT2D eigenvalue weighted by Crippen LogP contribution is 2.25. The predicted molar refractivity (Wildman–Crippen MR) is 107 cm³/mol. The summed E-state index contributed by atoms with van der Waals surface area (Å²) in [5.41, 5.74) is 0.709. The summed E-state index contributed by atoms with van der Waals surface area (Å²) in [5, 5.41) is 9.83. The van der Waals surface area contributed by atoms with Gasteiger partial charge in [0.05, 0.1) is 12.3 Å². The fourth-order valence-corrected chi connectivity index (χ4v) is 3.63. The third-order valence-corrected chi connectivity index (χ3v) is 5.23. The van der Waals surface area contributed by atoms with E-state index in [1.807, 2.05) is 36.6 Å². The number of ether oxygens (including phenoxy) is 1. The number of nitrogens with one attached hydrogen (secondary N) is 1. The van der Waals surface area contributed by atoms with E-state index in [2.05, 4.69) is 14.9 Å². The molecule has 27 heavy (non-hydrogen) atoms. The number of nitriles is 1. The molecule has 7 heteroatoms. The van der Waals surface area contributed by atoms with E-state index >= 15 is 0 Å². The number of aromatic nitrogens is 2. The third kappa shape index (κ3) is 5.12. The Morgan fingerprint density at radius 3 is 2.89 bits per heavy atom. The van der Waals surface area contributed by atoms with Crippen LogP contribution in [0.5, 0.6) is 5.75 Å². The van der Waals surface area contributed by atoms with Gasteiger partial charge in [0.2, 0.25) is 0 Å². The highest BCUT2D eigenvalue weighted by atomic mass is 32.2. The van der Waals surface area contributed by atoms with E-state index in [-0.39, 0.29) is 5.56 Å². The van der Waals surface area contributed by atoms with Crippen LogP contribution < -0.4 is 10.3 Å². The van der Waals surface area contributed by atoms with Gasteiger partial charge in [0.1, 0.15) is 17.4 Å². The average molecular weight is 385 g/mol. The van der Waals surface area contributed by atoms with Gasteiger partial charge in [-0.2, -0.15) is 5.26 Å². The van der Waals surface area contributed by atoms with E-state index in [4.69, 9.17) is 4.74 Å². The second kappa shape index (κ2) is 9.58.